The molecule has 2 atom stereocenters. The molecule has 3 amide bonds. The van der Waals surface area contributed by atoms with Crippen LogP contribution in [0.1, 0.15) is 46.0 Å². The van der Waals surface area contributed by atoms with E-state index in [1.54, 1.807) is 13.8 Å². The van der Waals surface area contributed by atoms with Crippen molar-refractivity contribution in [2.24, 2.45) is 0 Å². The number of amides is 3. The molecule has 0 unspecified atom stereocenters. The van der Waals surface area contributed by atoms with Gasteiger partial charge in [0.25, 0.3) is 0 Å². The zero-order chi connectivity index (χ0) is 36.4. The van der Waals surface area contributed by atoms with Gasteiger partial charge in [-0.15, -0.1) is 0 Å². The fraction of sp³-hybridized carbons (Fsp3) is 0.378. The summed E-state index contributed by atoms with van der Waals surface area (Å²) in [6.45, 7) is 3.26. The Morgan fingerprint density at radius 2 is 1.18 bits per heavy atom. The van der Waals surface area contributed by atoms with Gasteiger partial charge in [-0.25, -0.2) is 0 Å². The summed E-state index contributed by atoms with van der Waals surface area (Å²) in [7, 11) is 0. The molecule has 0 aromatic heterocycles. The van der Waals surface area contributed by atoms with E-state index in [1.165, 1.54) is 15.9 Å². The van der Waals surface area contributed by atoms with Crippen LogP contribution in [0, 0.1) is 0 Å². The molecule has 0 bridgehead atoms. The second-order valence-electron chi connectivity index (χ2n) is 11.6. The summed E-state index contributed by atoms with van der Waals surface area (Å²) in [5, 5.41) is 8.16. The van der Waals surface area contributed by atoms with Crippen LogP contribution in [-0.2, 0) is 33.4 Å². The molecule has 0 spiro atoms. The van der Waals surface area contributed by atoms with Crippen molar-refractivity contribution in [1.29, 1.82) is 0 Å². The summed E-state index contributed by atoms with van der Waals surface area (Å²) < 4.78 is 9.97. The predicted octanol–water partition coefficient (Wildman–Crippen LogP) is 3.92. The van der Waals surface area contributed by atoms with Crippen LogP contribution in [0.5, 0.6) is 0 Å². The van der Waals surface area contributed by atoms with Gasteiger partial charge >= 0.3 is 245 Å². The van der Waals surface area contributed by atoms with Crippen LogP contribution < -0.4 is 31.9 Å². The molecule has 0 fully saturated rings. The molecule has 270 valence electrons. The van der Waals surface area contributed by atoms with E-state index in [0.717, 1.165) is 6.16 Å². The SMILES string of the molecule is CCOC(=O)CNC(=O)[C@H](CS)NC(=O)CC[C@H](NC(=O)CCCCP(Br)(c1ccccc1)(c1ccccc1)c1ccccc1)C(=O)OCC. The third-order valence-electron chi connectivity index (χ3n) is 8.23. The van der Waals surface area contributed by atoms with E-state index < -0.39 is 41.1 Å². The van der Waals surface area contributed by atoms with Crippen molar-refractivity contribution in [3.8, 4) is 0 Å². The van der Waals surface area contributed by atoms with E-state index in [-0.39, 0.29) is 50.7 Å². The molecule has 0 radical (unpaired) electrons. The van der Waals surface area contributed by atoms with Gasteiger partial charge in [0.1, 0.15) is 6.54 Å². The monoisotopic (exact) mass is 787 g/mol. The molecule has 3 N–H and O–H groups in total. The molecular weight excluding hydrogens is 741 g/mol. The van der Waals surface area contributed by atoms with Gasteiger partial charge < -0.3 is 10.1 Å². The second-order valence-corrected chi connectivity index (χ2v) is 21.0. The van der Waals surface area contributed by atoms with Crippen LogP contribution in [0.25, 0.3) is 0 Å². The molecule has 0 aliphatic heterocycles. The molecule has 0 saturated carbocycles. The minimum absolute atomic E-state index is 0.0178. The molecule has 13 heteroatoms. The maximum atomic E-state index is 13.2. The van der Waals surface area contributed by atoms with E-state index in [4.69, 9.17) is 9.47 Å². The number of nitrogens with one attached hydrogen (secondary N) is 3. The summed E-state index contributed by atoms with van der Waals surface area (Å²) in [5.74, 6) is -2.71. The molecule has 0 aliphatic rings. The average Bonchev–Trinajstić information content (AvgIpc) is 3.14. The van der Waals surface area contributed by atoms with Crippen molar-refractivity contribution in [3.05, 3.63) is 91.0 Å². The van der Waals surface area contributed by atoms with Crippen LogP contribution in [-0.4, -0.2) is 73.4 Å². The molecule has 50 heavy (non-hydrogen) atoms. The summed E-state index contributed by atoms with van der Waals surface area (Å²) >= 11 is 8.56. The molecule has 0 aliphatic carbocycles. The van der Waals surface area contributed by atoms with E-state index >= 15 is 0 Å². The molecule has 3 aromatic carbocycles. The number of ether oxygens (including phenoxy) is 2. The normalized spacial score (nSPS) is 13.1. The maximum absolute atomic E-state index is 13.2. The van der Waals surface area contributed by atoms with Crippen molar-refractivity contribution in [3.63, 3.8) is 0 Å². The fourth-order valence-corrected chi connectivity index (χ4v) is 13.7. The number of hydrogen-bond donors (Lipinski definition) is 4. The van der Waals surface area contributed by atoms with E-state index in [0.29, 0.717) is 12.8 Å². The Hall–Kier alpha value is -3.73. The number of thiol groups is 1. The summed E-state index contributed by atoms with van der Waals surface area (Å²) in [4.78, 5) is 62.7. The minimum atomic E-state index is -3.14. The number of halogens is 1. The van der Waals surface area contributed by atoms with Gasteiger partial charge in [0, 0.05) is 5.75 Å². The van der Waals surface area contributed by atoms with Crippen LogP contribution >= 0.6 is 33.4 Å². The second kappa shape index (κ2) is 20.2. The van der Waals surface area contributed by atoms with Crippen LogP contribution in [0.2, 0.25) is 0 Å². The molecular formula is C37H47BrN3O7PS. The Morgan fingerprint density at radius 3 is 1.66 bits per heavy atom. The summed E-state index contributed by atoms with van der Waals surface area (Å²) in [5.41, 5.74) is 0. The number of hydrogen-bond acceptors (Lipinski definition) is 8. The van der Waals surface area contributed by atoms with E-state index in [9.17, 15) is 24.0 Å². The molecule has 10 nitrogen and oxygen atoms in total. The zero-order valence-electron chi connectivity index (χ0n) is 28.5. The van der Waals surface area contributed by atoms with Crippen molar-refractivity contribution < 1.29 is 33.4 Å². The number of carbonyl (C=O) groups excluding carboxylic acids is 5. The number of benzene rings is 3. The fourth-order valence-electron chi connectivity index (χ4n) is 5.73. The van der Waals surface area contributed by atoms with Gasteiger partial charge in [0.15, 0.2) is 0 Å². The number of unbranched alkanes of at least 4 members (excludes halogenated alkanes) is 1. The van der Waals surface area contributed by atoms with Crippen LogP contribution in [0.4, 0.5) is 0 Å². The van der Waals surface area contributed by atoms with Gasteiger partial charge in [-0.3, -0.25) is 9.59 Å². The Bertz CT molecular complexity index is 1470. The number of carbonyl (C=O) groups is 5. The first kappa shape index (κ1) is 40.7. The quantitative estimate of drug-likeness (QED) is 0.0590. The standard InChI is InChI=1S/C37H47BrN3O7PS/c1-3-47-35(44)26-39-36(45)32(27-50)41-34(43)24-23-31(37(46)48-4-2)40-33(42)22-14-15-25-49(38,28-16-8-5-9-17-28,29-18-10-6-11-19-29)30-20-12-7-13-21-30/h5-13,16-21,31-32,50H,3-4,14-15,22-27H2,1-2H3,(H,39,45)(H,40,42)(H,41,43)/t31-,32-/m0/s1. The van der Waals surface area contributed by atoms with Crippen molar-refractivity contribution in [2.45, 2.75) is 58.0 Å². The summed E-state index contributed by atoms with van der Waals surface area (Å²) in [6, 6.07) is 29.2. The Kier molecular flexibility index (Phi) is 16.4. The van der Waals surface area contributed by atoms with Gasteiger partial charge in [0.05, 0.1) is 6.61 Å². The van der Waals surface area contributed by atoms with Gasteiger partial charge in [-0.05, 0) is 6.92 Å². The topological polar surface area (TPSA) is 140 Å². The molecule has 3 rings (SSSR count). The van der Waals surface area contributed by atoms with E-state index in [1.807, 2.05) is 54.6 Å². The Balaban J connectivity index is 1.66. The van der Waals surface area contributed by atoms with Crippen molar-refractivity contribution >= 4 is 79.0 Å². The van der Waals surface area contributed by atoms with Crippen molar-refractivity contribution in [2.75, 3.05) is 31.7 Å². The third-order valence-corrected chi connectivity index (χ3v) is 18.6. The third kappa shape index (κ3) is 10.9. The Labute approximate surface area is 307 Å². The zero-order valence-corrected chi connectivity index (χ0v) is 31.9. The van der Waals surface area contributed by atoms with Crippen molar-refractivity contribution in [1.82, 2.24) is 16.0 Å². The van der Waals surface area contributed by atoms with Gasteiger partial charge in [-0.2, -0.15) is 12.6 Å². The first-order valence-electron chi connectivity index (χ1n) is 16.8. The molecule has 0 saturated heterocycles. The van der Waals surface area contributed by atoms with Gasteiger partial charge in [-0.1, -0.05) is 0 Å². The first-order chi connectivity index (χ1) is 24.1. The summed E-state index contributed by atoms with van der Waals surface area (Å²) in [6.07, 6.45) is 2.00. The van der Waals surface area contributed by atoms with Crippen LogP contribution in [0.15, 0.2) is 91.0 Å². The predicted molar refractivity (Wildman–Crippen MR) is 206 cm³/mol. The molecule has 3 aromatic rings. The Morgan fingerprint density at radius 1 is 0.700 bits per heavy atom. The number of esters is 2. The average molecular weight is 789 g/mol. The number of rotatable bonds is 20. The van der Waals surface area contributed by atoms with E-state index in [2.05, 4.69) is 80.5 Å². The van der Waals surface area contributed by atoms with Gasteiger partial charge in [0.2, 0.25) is 5.91 Å². The van der Waals surface area contributed by atoms with Crippen LogP contribution in [0.3, 0.4) is 0 Å². The first-order valence-corrected chi connectivity index (χ1v) is 21.8. The molecule has 0 heterocycles.